The molecule has 0 saturated carbocycles. The third kappa shape index (κ3) is 18.6. The number of quaternary nitrogens is 1. The minimum absolute atomic E-state index is 0.260. The van der Waals surface area contributed by atoms with E-state index >= 15 is 0 Å². The van der Waals surface area contributed by atoms with Gasteiger partial charge in [0.15, 0.2) is 19.6 Å². The van der Waals surface area contributed by atoms with E-state index in [-0.39, 0.29) is 6.54 Å². The van der Waals surface area contributed by atoms with Crippen molar-refractivity contribution in [3.63, 3.8) is 0 Å². The molecule has 0 saturated heterocycles. The first-order valence-electron chi connectivity index (χ1n) is 12.0. The van der Waals surface area contributed by atoms with Crippen molar-refractivity contribution >= 4 is 17.9 Å². The number of allylic oxidation sites excluding steroid dienone is 2. The number of carbonyl (C=O) groups is 3. The molecule has 31 heavy (non-hydrogen) atoms. The van der Waals surface area contributed by atoms with Gasteiger partial charge >= 0.3 is 17.9 Å². The molecule has 0 aliphatic carbocycles. The Balaban J connectivity index is 3.90. The Morgan fingerprint density at radius 2 is 0.935 bits per heavy atom. The molecule has 0 heterocycles. The molecule has 0 atom stereocenters. The lowest BCUT2D eigenvalue weighted by Crippen LogP contribution is -2.57. The van der Waals surface area contributed by atoms with Crippen molar-refractivity contribution in [3.05, 3.63) is 12.2 Å². The number of aliphatic carboxylic acids is 3. The monoisotopic (exact) mass is 442 g/mol. The SMILES string of the molecule is CCCCCC/C=C/CCCCCCCCCC[N+](CC(=O)O)(CC(=O)O)CC(=O)O. The second-order valence-electron chi connectivity index (χ2n) is 8.66. The molecule has 0 unspecified atom stereocenters. The van der Waals surface area contributed by atoms with Crippen LogP contribution in [-0.2, 0) is 14.4 Å². The van der Waals surface area contributed by atoms with Crippen molar-refractivity contribution in [2.24, 2.45) is 0 Å². The Morgan fingerprint density at radius 1 is 0.581 bits per heavy atom. The van der Waals surface area contributed by atoms with Gasteiger partial charge in [0, 0.05) is 0 Å². The minimum atomic E-state index is -1.17. The van der Waals surface area contributed by atoms with Crippen molar-refractivity contribution in [1.82, 2.24) is 0 Å². The summed E-state index contributed by atoms with van der Waals surface area (Å²) in [5, 5.41) is 27.3. The summed E-state index contributed by atoms with van der Waals surface area (Å²) < 4.78 is -0.438. The maximum Gasteiger partial charge on any atom is 0.359 e. The number of hydrogen-bond acceptors (Lipinski definition) is 3. The van der Waals surface area contributed by atoms with E-state index in [1.165, 1.54) is 57.8 Å². The van der Waals surface area contributed by atoms with E-state index in [4.69, 9.17) is 15.3 Å². The molecule has 7 nitrogen and oxygen atoms in total. The summed E-state index contributed by atoms with van der Waals surface area (Å²) in [6.45, 7) is 1.05. The predicted molar refractivity (Wildman–Crippen MR) is 122 cm³/mol. The highest BCUT2D eigenvalue weighted by atomic mass is 16.4. The standard InChI is InChI=1S/C24H43NO6/c1-2-3-4-5-6-7-8-9-10-11-12-13-14-15-16-17-18-25(19-22(26)27,20-23(28)29)21-24(30)31/h7-8H,2-6,9-21H2,1H3,(H2-,26,27,28,29,30,31)/p+1/b8-7+. The first-order valence-corrected chi connectivity index (χ1v) is 12.0. The Kier molecular flexibility index (Phi) is 17.7. The second-order valence-corrected chi connectivity index (χ2v) is 8.66. The lowest BCUT2D eigenvalue weighted by atomic mass is 10.1. The van der Waals surface area contributed by atoms with Crippen LogP contribution >= 0.6 is 0 Å². The van der Waals surface area contributed by atoms with Crippen LogP contribution in [0.3, 0.4) is 0 Å². The molecule has 0 aromatic rings. The molecule has 0 spiro atoms. The Bertz CT molecular complexity index is 491. The van der Waals surface area contributed by atoms with Crippen molar-refractivity contribution < 1.29 is 34.2 Å². The maximum absolute atomic E-state index is 11.1. The smallest absolute Gasteiger partial charge is 0.359 e. The second kappa shape index (κ2) is 18.8. The van der Waals surface area contributed by atoms with Gasteiger partial charge in [0.1, 0.15) is 0 Å². The van der Waals surface area contributed by atoms with Crippen molar-refractivity contribution in [2.45, 2.75) is 96.8 Å². The van der Waals surface area contributed by atoms with Gasteiger partial charge in [-0.15, -0.1) is 0 Å². The fraction of sp³-hybridized carbons (Fsp3) is 0.792. The van der Waals surface area contributed by atoms with Gasteiger partial charge in [-0.3, -0.25) is 4.48 Å². The first kappa shape index (κ1) is 29.1. The van der Waals surface area contributed by atoms with Crippen LogP contribution < -0.4 is 0 Å². The van der Waals surface area contributed by atoms with Crippen molar-refractivity contribution in [2.75, 3.05) is 26.2 Å². The van der Waals surface area contributed by atoms with E-state index in [2.05, 4.69) is 19.1 Å². The van der Waals surface area contributed by atoms with Crippen LogP contribution in [0, 0.1) is 0 Å². The van der Waals surface area contributed by atoms with Crippen LogP contribution in [0.1, 0.15) is 96.8 Å². The van der Waals surface area contributed by atoms with Crippen LogP contribution in [0.15, 0.2) is 12.2 Å². The summed E-state index contributed by atoms with van der Waals surface area (Å²) in [4.78, 5) is 33.4. The highest BCUT2D eigenvalue weighted by Gasteiger charge is 2.35. The Hall–Kier alpha value is -1.89. The fourth-order valence-corrected chi connectivity index (χ4v) is 3.96. The highest BCUT2D eigenvalue weighted by Crippen LogP contribution is 2.14. The van der Waals surface area contributed by atoms with Gasteiger partial charge in [-0.25, -0.2) is 14.4 Å². The van der Waals surface area contributed by atoms with Gasteiger partial charge in [-0.05, 0) is 38.5 Å². The predicted octanol–water partition coefficient (Wildman–Crippen LogP) is 5.09. The summed E-state index contributed by atoms with van der Waals surface area (Å²) in [5.41, 5.74) is 0. The van der Waals surface area contributed by atoms with Crippen LogP contribution in [-0.4, -0.2) is 63.9 Å². The zero-order valence-corrected chi connectivity index (χ0v) is 19.4. The molecular formula is C24H44NO6+. The number of rotatable bonds is 22. The van der Waals surface area contributed by atoms with E-state index in [0.717, 1.165) is 25.7 Å². The van der Waals surface area contributed by atoms with Gasteiger partial charge in [-0.1, -0.05) is 70.4 Å². The Morgan fingerprint density at radius 3 is 1.32 bits per heavy atom. The van der Waals surface area contributed by atoms with Crippen LogP contribution in [0.5, 0.6) is 0 Å². The van der Waals surface area contributed by atoms with Gasteiger partial charge in [0.05, 0.1) is 6.54 Å². The number of unbranched alkanes of at least 4 members (excludes halogenated alkanes) is 12. The van der Waals surface area contributed by atoms with Gasteiger partial charge < -0.3 is 15.3 Å². The number of hydrogen-bond donors (Lipinski definition) is 3. The van der Waals surface area contributed by atoms with Crippen LogP contribution in [0.2, 0.25) is 0 Å². The van der Waals surface area contributed by atoms with E-state index in [0.29, 0.717) is 6.42 Å². The topological polar surface area (TPSA) is 112 Å². The van der Waals surface area contributed by atoms with Crippen LogP contribution in [0.25, 0.3) is 0 Å². The van der Waals surface area contributed by atoms with Gasteiger partial charge in [-0.2, -0.15) is 0 Å². The molecule has 7 heteroatoms. The van der Waals surface area contributed by atoms with E-state index in [1.807, 2.05) is 0 Å². The van der Waals surface area contributed by atoms with Crippen molar-refractivity contribution in [1.29, 1.82) is 0 Å². The maximum atomic E-state index is 11.1. The third-order valence-electron chi connectivity index (χ3n) is 5.56. The molecule has 0 aromatic heterocycles. The summed E-state index contributed by atoms with van der Waals surface area (Å²) in [5.74, 6) is -3.52. The molecular weight excluding hydrogens is 398 g/mol. The molecule has 0 amide bonds. The molecule has 0 radical (unpaired) electrons. The molecule has 0 aliphatic rings. The normalized spacial score (nSPS) is 11.8. The summed E-state index contributed by atoms with van der Waals surface area (Å²) >= 11 is 0. The number of nitrogens with zero attached hydrogens (tertiary/aromatic N) is 1. The highest BCUT2D eigenvalue weighted by molar-refractivity contribution is 5.73. The summed E-state index contributed by atoms with van der Waals surface area (Å²) in [7, 11) is 0. The lowest BCUT2D eigenvalue weighted by molar-refractivity contribution is -0.907. The van der Waals surface area contributed by atoms with E-state index in [9.17, 15) is 14.4 Å². The molecule has 180 valence electrons. The molecule has 3 N–H and O–H groups in total. The zero-order valence-electron chi connectivity index (χ0n) is 19.4. The lowest BCUT2D eigenvalue weighted by Gasteiger charge is -2.34. The summed E-state index contributed by atoms with van der Waals surface area (Å²) in [6.07, 6.45) is 20.7. The third-order valence-corrected chi connectivity index (χ3v) is 5.56. The van der Waals surface area contributed by atoms with Gasteiger partial charge in [0.2, 0.25) is 0 Å². The molecule has 0 rings (SSSR count). The largest absolute Gasteiger partial charge is 0.477 e. The molecule has 0 bridgehead atoms. The Labute approximate surface area is 187 Å². The van der Waals surface area contributed by atoms with E-state index in [1.54, 1.807) is 0 Å². The average molecular weight is 443 g/mol. The molecule has 0 aliphatic heterocycles. The fourth-order valence-electron chi connectivity index (χ4n) is 3.96. The first-order chi connectivity index (χ1) is 14.8. The number of carboxylic acids is 3. The minimum Gasteiger partial charge on any atom is -0.477 e. The summed E-state index contributed by atoms with van der Waals surface area (Å²) in [6, 6.07) is 0. The zero-order chi connectivity index (χ0) is 23.4. The number of carboxylic acid groups (broad SMARTS) is 3. The van der Waals surface area contributed by atoms with Crippen LogP contribution in [0.4, 0.5) is 0 Å². The van der Waals surface area contributed by atoms with Crippen molar-refractivity contribution in [3.8, 4) is 0 Å². The molecule has 0 aromatic carbocycles. The quantitative estimate of drug-likeness (QED) is 0.122. The van der Waals surface area contributed by atoms with E-state index < -0.39 is 42.0 Å². The molecule has 0 fully saturated rings. The average Bonchev–Trinajstić information content (AvgIpc) is 2.66. The van der Waals surface area contributed by atoms with Gasteiger partial charge in [0.25, 0.3) is 0 Å².